The first-order valence-corrected chi connectivity index (χ1v) is 7.37. The van der Waals surface area contributed by atoms with Crippen molar-refractivity contribution in [2.75, 3.05) is 4.90 Å². The molecule has 6 nitrogen and oxygen atoms in total. The molecule has 0 radical (unpaired) electrons. The van der Waals surface area contributed by atoms with Gasteiger partial charge in [0.2, 0.25) is 11.8 Å². The Morgan fingerprint density at radius 3 is 2.23 bits per heavy atom. The number of fused-ring (bicyclic) bond motifs is 5. The van der Waals surface area contributed by atoms with Crippen molar-refractivity contribution in [3.8, 4) is 0 Å². The zero-order chi connectivity index (χ0) is 15.6. The van der Waals surface area contributed by atoms with Crippen molar-refractivity contribution in [3.63, 3.8) is 0 Å². The van der Waals surface area contributed by atoms with Gasteiger partial charge in [-0.05, 0) is 24.3 Å². The molecular formula is C15H11ClN2O4. The van der Waals surface area contributed by atoms with E-state index in [1.54, 1.807) is 0 Å². The van der Waals surface area contributed by atoms with Gasteiger partial charge in [-0.2, -0.15) is 0 Å². The number of amides is 2. The lowest BCUT2D eigenvalue weighted by molar-refractivity contribution is -0.384. The van der Waals surface area contributed by atoms with Crippen LogP contribution in [0, 0.1) is 33.8 Å². The van der Waals surface area contributed by atoms with Crippen LogP contribution < -0.4 is 4.90 Å². The van der Waals surface area contributed by atoms with Crippen molar-refractivity contribution in [3.05, 3.63) is 45.5 Å². The minimum atomic E-state index is -0.567. The topological polar surface area (TPSA) is 80.5 Å². The Labute approximate surface area is 130 Å². The molecular weight excluding hydrogens is 308 g/mol. The first-order valence-electron chi connectivity index (χ1n) is 6.99. The van der Waals surface area contributed by atoms with E-state index in [1.807, 2.05) is 12.2 Å². The zero-order valence-electron chi connectivity index (χ0n) is 11.3. The van der Waals surface area contributed by atoms with Crippen LogP contribution in [0.1, 0.15) is 6.42 Å². The average Bonchev–Trinajstić information content (AvgIpc) is 3.14. The Bertz CT molecular complexity index is 730. The third kappa shape index (κ3) is 1.61. The maximum absolute atomic E-state index is 12.6. The Hall–Kier alpha value is -2.21. The van der Waals surface area contributed by atoms with Gasteiger partial charge in [0.15, 0.2) is 0 Å². The second kappa shape index (κ2) is 4.39. The highest BCUT2D eigenvalue weighted by Crippen LogP contribution is 2.53. The number of anilines is 1. The third-order valence-corrected chi connectivity index (χ3v) is 5.16. The van der Waals surface area contributed by atoms with Gasteiger partial charge in [0.25, 0.3) is 5.69 Å². The van der Waals surface area contributed by atoms with Crippen LogP contribution in [-0.2, 0) is 9.59 Å². The van der Waals surface area contributed by atoms with Gasteiger partial charge < -0.3 is 0 Å². The third-order valence-electron chi connectivity index (χ3n) is 4.85. The standard InChI is InChI=1S/C15H11ClN2O4/c16-10-6-9(18(21)22)3-4-11(10)17-14(19)12-7-1-2-8(5-7)13(12)15(17)20/h1-4,6-8,12-13H,5H2. The molecule has 112 valence electrons. The highest BCUT2D eigenvalue weighted by Gasteiger charge is 2.59. The lowest BCUT2D eigenvalue weighted by Gasteiger charge is -2.18. The minimum Gasteiger partial charge on any atom is -0.274 e. The summed E-state index contributed by atoms with van der Waals surface area (Å²) in [6, 6.07) is 3.79. The van der Waals surface area contributed by atoms with Crippen molar-refractivity contribution in [2.24, 2.45) is 23.7 Å². The summed E-state index contributed by atoms with van der Waals surface area (Å²) in [5, 5.41) is 10.8. The number of rotatable bonds is 2. The maximum atomic E-state index is 12.6. The fourth-order valence-corrected chi connectivity index (χ4v) is 4.19. The summed E-state index contributed by atoms with van der Waals surface area (Å²) in [6.45, 7) is 0. The number of benzene rings is 1. The summed E-state index contributed by atoms with van der Waals surface area (Å²) >= 11 is 6.06. The smallest absolute Gasteiger partial charge is 0.271 e. The van der Waals surface area contributed by atoms with E-state index < -0.39 is 4.92 Å². The number of nitro benzene ring substituents is 1. The molecule has 2 bridgehead atoms. The molecule has 1 saturated heterocycles. The number of non-ortho nitro benzene ring substituents is 1. The molecule has 22 heavy (non-hydrogen) atoms. The summed E-state index contributed by atoms with van der Waals surface area (Å²) in [4.78, 5) is 36.6. The quantitative estimate of drug-likeness (QED) is 0.363. The number of halogens is 1. The van der Waals surface area contributed by atoms with E-state index in [4.69, 9.17) is 11.6 Å². The summed E-state index contributed by atoms with van der Waals surface area (Å²) in [6.07, 6.45) is 4.88. The molecule has 7 heteroatoms. The predicted octanol–water partition coefficient (Wildman–Crippen LogP) is 2.56. The van der Waals surface area contributed by atoms with Crippen LogP contribution in [0.4, 0.5) is 11.4 Å². The Morgan fingerprint density at radius 2 is 1.73 bits per heavy atom. The van der Waals surface area contributed by atoms with Crippen LogP contribution in [0.15, 0.2) is 30.4 Å². The highest BCUT2D eigenvalue weighted by atomic mass is 35.5. The second-order valence-electron chi connectivity index (χ2n) is 5.90. The van der Waals surface area contributed by atoms with Gasteiger partial charge in [-0.25, -0.2) is 4.90 Å². The van der Waals surface area contributed by atoms with Gasteiger partial charge in [-0.15, -0.1) is 0 Å². The van der Waals surface area contributed by atoms with Gasteiger partial charge in [-0.3, -0.25) is 19.7 Å². The number of hydrogen-bond donors (Lipinski definition) is 0. The number of nitro groups is 1. The molecule has 1 aliphatic heterocycles. The molecule has 0 spiro atoms. The number of carbonyl (C=O) groups excluding carboxylic acids is 2. The van der Waals surface area contributed by atoms with Crippen LogP contribution in [0.3, 0.4) is 0 Å². The number of hydrogen-bond acceptors (Lipinski definition) is 4. The van der Waals surface area contributed by atoms with Crippen molar-refractivity contribution in [1.82, 2.24) is 0 Å². The molecule has 1 saturated carbocycles. The van der Waals surface area contributed by atoms with E-state index in [0.29, 0.717) is 0 Å². The number of imide groups is 1. The SMILES string of the molecule is O=C1C2C3C=CC(C3)C2C(=O)N1c1ccc([N+](=O)[O-])cc1Cl. The van der Waals surface area contributed by atoms with E-state index >= 15 is 0 Å². The van der Waals surface area contributed by atoms with E-state index in [-0.39, 0.29) is 51.9 Å². The molecule has 1 heterocycles. The number of allylic oxidation sites excluding steroid dienone is 2. The first-order chi connectivity index (χ1) is 10.5. The minimum absolute atomic E-state index is 0.0381. The second-order valence-corrected chi connectivity index (χ2v) is 6.31. The van der Waals surface area contributed by atoms with E-state index in [1.165, 1.54) is 18.2 Å². The van der Waals surface area contributed by atoms with Crippen LogP contribution in [0.25, 0.3) is 0 Å². The molecule has 3 aliphatic rings. The van der Waals surface area contributed by atoms with E-state index in [0.717, 1.165) is 11.3 Å². The molecule has 4 atom stereocenters. The molecule has 0 aromatic heterocycles. The molecule has 4 unspecified atom stereocenters. The first kappa shape index (κ1) is 13.5. The zero-order valence-corrected chi connectivity index (χ0v) is 12.1. The molecule has 2 amide bonds. The van der Waals surface area contributed by atoms with Crippen LogP contribution >= 0.6 is 11.6 Å². The van der Waals surface area contributed by atoms with Crippen molar-refractivity contribution >= 4 is 34.8 Å². The molecule has 1 aromatic rings. The number of nitrogens with zero attached hydrogens (tertiary/aromatic N) is 2. The fourth-order valence-electron chi connectivity index (χ4n) is 3.93. The summed E-state index contributed by atoms with van der Waals surface area (Å²) in [5.74, 6) is -0.880. The van der Waals surface area contributed by atoms with Crippen LogP contribution in [0.5, 0.6) is 0 Å². The van der Waals surface area contributed by atoms with Gasteiger partial charge in [0, 0.05) is 12.1 Å². The number of carbonyl (C=O) groups is 2. The van der Waals surface area contributed by atoms with Crippen molar-refractivity contribution in [1.29, 1.82) is 0 Å². The van der Waals surface area contributed by atoms with Gasteiger partial charge in [-0.1, -0.05) is 23.8 Å². The lowest BCUT2D eigenvalue weighted by Crippen LogP contribution is -2.33. The molecule has 0 N–H and O–H groups in total. The molecule has 2 aliphatic carbocycles. The molecule has 1 aromatic carbocycles. The van der Waals surface area contributed by atoms with Crippen LogP contribution in [-0.4, -0.2) is 16.7 Å². The molecule has 2 fully saturated rings. The Morgan fingerprint density at radius 1 is 1.14 bits per heavy atom. The lowest BCUT2D eigenvalue weighted by atomic mass is 9.85. The summed E-state index contributed by atoms with van der Waals surface area (Å²) < 4.78 is 0. The van der Waals surface area contributed by atoms with E-state index in [9.17, 15) is 19.7 Å². The van der Waals surface area contributed by atoms with Gasteiger partial charge in [0.1, 0.15) is 0 Å². The fraction of sp³-hybridized carbons (Fsp3) is 0.333. The van der Waals surface area contributed by atoms with Gasteiger partial charge in [0.05, 0.1) is 27.5 Å². The Balaban J connectivity index is 1.74. The predicted molar refractivity (Wildman–Crippen MR) is 78.3 cm³/mol. The monoisotopic (exact) mass is 318 g/mol. The Kier molecular flexibility index (Phi) is 2.69. The van der Waals surface area contributed by atoms with Gasteiger partial charge >= 0.3 is 0 Å². The van der Waals surface area contributed by atoms with Crippen molar-refractivity contribution < 1.29 is 14.5 Å². The van der Waals surface area contributed by atoms with Crippen molar-refractivity contribution in [2.45, 2.75) is 6.42 Å². The molecule has 4 rings (SSSR count). The maximum Gasteiger partial charge on any atom is 0.271 e. The average molecular weight is 319 g/mol. The highest BCUT2D eigenvalue weighted by molar-refractivity contribution is 6.36. The van der Waals surface area contributed by atoms with Crippen LogP contribution in [0.2, 0.25) is 5.02 Å². The summed E-state index contributed by atoms with van der Waals surface area (Å²) in [5.41, 5.74) is 0.0610. The van der Waals surface area contributed by atoms with E-state index in [2.05, 4.69) is 0 Å². The summed E-state index contributed by atoms with van der Waals surface area (Å²) in [7, 11) is 0. The largest absolute Gasteiger partial charge is 0.274 e. The normalized spacial score (nSPS) is 32.0.